The molecule has 2 rings (SSSR count). The topological polar surface area (TPSA) is 25.2 Å². The monoisotopic (exact) mass is 285 g/mol. The van der Waals surface area contributed by atoms with Crippen LogP contribution in [0.15, 0.2) is 32.7 Å². The molecule has 0 spiro atoms. The number of hydrogen-bond acceptors (Lipinski definition) is 3. The van der Waals surface area contributed by atoms with Crippen molar-refractivity contribution in [2.24, 2.45) is 0 Å². The van der Waals surface area contributed by atoms with Gasteiger partial charge in [0.15, 0.2) is 0 Å². The summed E-state index contributed by atoms with van der Waals surface area (Å²) in [5, 5.41) is 5.34. The maximum atomic E-state index is 5.47. The van der Waals surface area contributed by atoms with Crippen molar-refractivity contribution in [3.8, 4) is 10.4 Å². The summed E-state index contributed by atoms with van der Waals surface area (Å²) in [6.45, 7) is 3.82. The SMILES string of the molecule is CCNCc1occc1-c1sccc1Br. The van der Waals surface area contributed by atoms with Crippen LogP contribution in [0, 0.1) is 0 Å². The normalized spacial score (nSPS) is 10.8. The maximum Gasteiger partial charge on any atom is 0.126 e. The predicted molar refractivity (Wildman–Crippen MR) is 67.1 cm³/mol. The fraction of sp³-hybridized carbons (Fsp3) is 0.273. The van der Waals surface area contributed by atoms with Gasteiger partial charge in [0, 0.05) is 10.0 Å². The van der Waals surface area contributed by atoms with Gasteiger partial charge in [0.1, 0.15) is 5.76 Å². The summed E-state index contributed by atoms with van der Waals surface area (Å²) in [5.41, 5.74) is 1.18. The molecule has 0 atom stereocenters. The molecule has 1 N–H and O–H groups in total. The van der Waals surface area contributed by atoms with Crippen molar-refractivity contribution in [1.29, 1.82) is 0 Å². The summed E-state index contributed by atoms with van der Waals surface area (Å²) in [5.74, 6) is 1.00. The van der Waals surface area contributed by atoms with Gasteiger partial charge in [-0.05, 0) is 40.0 Å². The molecule has 2 aromatic rings. The summed E-state index contributed by atoms with van der Waals surface area (Å²) in [6, 6.07) is 4.08. The second kappa shape index (κ2) is 4.96. The first kappa shape index (κ1) is 10.9. The highest BCUT2D eigenvalue weighted by Gasteiger charge is 2.11. The van der Waals surface area contributed by atoms with E-state index in [0.717, 1.165) is 23.3 Å². The van der Waals surface area contributed by atoms with E-state index in [1.807, 2.05) is 6.07 Å². The van der Waals surface area contributed by atoms with E-state index in [0.29, 0.717) is 0 Å². The lowest BCUT2D eigenvalue weighted by Gasteiger charge is -2.01. The molecule has 0 aliphatic heterocycles. The minimum Gasteiger partial charge on any atom is -0.467 e. The molecular weight excluding hydrogens is 274 g/mol. The summed E-state index contributed by atoms with van der Waals surface area (Å²) >= 11 is 5.26. The molecule has 80 valence electrons. The average Bonchev–Trinajstić information content (AvgIpc) is 2.82. The van der Waals surface area contributed by atoms with Gasteiger partial charge in [-0.25, -0.2) is 0 Å². The third-order valence-electron chi connectivity index (χ3n) is 2.14. The molecule has 2 nitrogen and oxygen atoms in total. The lowest BCUT2D eigenvalue weighted by atomic mass is 10.2. The van der Waals surface area contributed by atoms with Gasteiger partial charge in [0.2, 0.25) is 0 Å². The maximum absolute atomic E-state index is 5.47. The first-order valence-corrected chi connectivity index (χ1v) is 6.50. The predicted octanol–water partition coefficient (Wildman–Crippen LogP) is 3.88. The van der Waals surface area contributed by atoms with E-state index < -0.39 is 0 Å². The van der Waals surface area contributed by atoms with Gasteiger partial charge in [0.25, 0.3) is 0 Å². The van der Waals surface area contributed by atoms with Crippen LogP contribution < -0.4 is 5.32 Å². The number of furan rings is 1. The number of rotatable bonds is 4. The van der Waals surface area contributed by atoms with Crippen molar-refractivity contribution < 1.29 is 4.42 Å². The molecule has 0 aromatic carbocycles. The molecule has 2 heterocycles. The Morgan fingerprint density at radius 3 is 3.00 bits per heavy atom. The van der Waals surface area contributed by atoms with Gasteiger partial charge < -0.3 is 9.73 Å². The average molecular weight is 286 g/mol. The van der Waals surface area contributed by atoms with Crippen molar-refractivity contribution >= 4 is 27.3 Å². The molecular formula is C11H12BrNOS. The molecule has 0 amide bonds. The molecule has 0 saturated heterocycles. The highest BCUT2D eigenvalue weighted by molar-refractivity contribution is 9.10. The third-order valence-corrected chi connectivity index (χ3v) is 4.01. The first-order valence-electron chi connectivity index (χ1n) is 4.83. The standard InChI is InChI=1S/C11H12BrNOS/c1-2-13-7-10-8(3-5-14-10)11-9(12)4-6-15-11/h3-6,13H,2,7H2,1H3. The van der Waals surface area contributed by atoms with E-state index in [2.05, 4.69) is 39.6 Å². The zero-order chi connectivity index (χ0) is 10.7. The van der Waals surface area contributed by atoms with Crippen molar-refractivity contribution in [1.82, 2.24) is 5.32 Å². The van der Waals surface area contributed by atoms with Gasteiger partial charge >= 0.3 is 0 Å². The van der Waals surface area contributed by atoms with Crippen LogP contribution >= 0.6 is 27.3 Å². The molecule has 0 saturated carbocycles. The third kappa shape index (κ3) is 2.33. The zero-order valence-electron chi connectivity index (χ0n) is 8.42. The minimum atomic E-state index is 0.781. The fourth-order valence-corrected chi connectivity index (χ4v) is 3.04. The van der Waals surface area contributed by atoms with Crippen LogP contribution in [-0.4, -0.2) is 6.54 Å². The molecule has 15 heavy (non-hydrogen) atoms. The Bertz CT molecular complexity index is 435. The summed E-state index contributed by atoms with van der Waals surface area (Å²) < 4.78 is 6.60. The number of thiophene rings is 1. The van der Waals surface area contributed by atoms with Crippen molar-refractivity contribution in [3.63, 3.8) is 0 Å². The van der Waals surface area contributed by atoms with Crippen LogP contribution in [0.1, 0.15) is 12.7 Å². The van der Waals surface area contributed by atoms with Crippen LogP contribution in [0.4, 0.5) is 0 Å². The summed E-state index contributed by atoms with van der Waals surface area (Å²) in [4.78, 5) is 1.23. The Hall–Kier alpha value is -0.580. The smallest absolute Gasteiger partial charge is 0.126 e. The van der Waals surface area contributed by atoms with E-state index in [-0.39, 0.29) is 0 Å². The molecule has 0 bridgehead atoms. The largest absolute Gasteiger partial charge is 0.467 e. The van der Waals surface area contributed by atoms with Gasteiger partial charge in [-0.15, -0.1) is 11.3 Å². The second-order valence-corrected chi connectivity index (χ2v) is 4.91. The summed E-state index contributed by atoms with van der Waals surface area (Å²) in [7, 11) is 0. The Balaban J connectivity index is 2.29. The van der Waals surface area contributed by atoms with Gasteiger partial charge in [-0.1, -0.05) is 6.92 Å². The Labute approximate surface area is 101 Å². The minimum absolute atomic E-state index is 0.781. The quantitative estimate of drug-likeness (QED) is 0.922. The van der Waals surface area contributed by atoms with Crippen LogP contribution in [0.3, 0.4) is 0 Å². The van der Waals surface area contributed by atoms with Crippen LogP contribution in [0.2, 0.25) is 0 Å². The number of hydrogen-bond donors (Lipinski definition) is 1. The lowest BCUT2D eigenvalue weighted by molar-refractivity contribution is 0.489. The van der Waals surface area contributed by atoms with Crippen molar-refractivity contribution in [2.45, 2.75) is 13.5 Å². The van der Waals surface area contributed by atoms with Gasteiger partial charge in [0.05, 0.1) is 17.7 Å². The number of halogens is 1. The fourth-order valence-electron chi connectivity index (χ4n) is 1.40. The Morgan fingerprint density at radius 1 is 1.47 bits per heavy atom. The zero-order valence-corrected chi connectivity index (χ0v) is 10.8. The Morgan fingerprint density at radius 2 is 2.33 bits per heavy atom. The highest BCUT2D eigenvalue weighted by Crippen LogP contribution is 2.35. The molecule has 0 aliphatic carbocycles. The molecule has 0 aliphatic rings. The molecule has 2 aromatic heterocycles. The lowest BCUT2D eigenvalue weighted by Crippen LogP contribution is -2.11. The molecule has 4 heteroatoms. The van der Waals surface area contributed by atoms with Crippen LogP contribution in [0.25, 0.3) is 10.4 Å². The first-order chi connectivity index (χ1) is 7.33. The second-order valence-electron chi connectivity index (χ2n) is 3.14. The summed E-state index contributed by atoms with van der Waals surface area (Å²) in [6.07, 6.45) is 1.74. The van der Waals surface area contributed by atoms with E-state index >= 15 is 0 Å². The molecule has 0 unspecified atom stereocenters. The Kier molecular flexibility index (Phi) is 3.61. The van der Waals surface area contributed by atoms with E-state index in [4.69, 9.17) is 4.42 Å². The van der Waals surface area contributed by atoms with Crippen LogP contribution in [-0.2, 0) is 6.54 Å². The molecule has 0 fully saturated rings. The van der Waals surface area contributed by atoms with E-state index in [9.17, 15) is 0 Å². The van der Waals surface area contributed by atoms with Crippen LogP contribution in [0.5, 0.6) is 0 Å². The molecule has 0 radical (unpaired) electrons. The van der Waals surface area contributed by atoms with E-state index in [1.165, 1.54) is 10.4 Å². The van der Waals surface area contributed by atoms with E-state index in [1.54, 1.807) is 17.6 Å². The highest BCUT2D eigenvalue weighted by atomic mass is 79.9. The van der Waals surface area contributed by atoms with Gasteiger partial charge in [-0.2, -0.15) is 0 Å². The number of nitrogens with one attached hydrogen (secondary N) is 1. The van der Waals surface area contributed by atoms with Crippen molar-refractivity contribution in [2.75, 3.05) is 6.54 Å². The van der Waals surface area contributed by atoms with Gasteiger partial charge in [-0.3, -0.25) is 0 Å². The van der Waals surface area contributed by atoms with Crippen molar-refractivity contribution in [3.05, 3.63) is 34.0 Å².